The Labute approximate surface area is 101 Å². The molecular weight excluding hydrogens is 212 g/mol. The van der Waals surface area contributed by atoms with Crippen molar-refractivity contribution >= 4 is 0 Å². The van der Waals surface area contributed by atoms with Gasteiger partial charge in [0.1, 0.15) is 11.8 Å². The molecule has 0 aliphatic carbocycles. The van der Waals surface area contributed by atoms with Crippen LogP contribution in [0.5, 0.6) is 5.75 Å². The molecule has 2 aromatic rings. The van der Waals surface area contributed by atoms with Gasteiger partial charge in [0, 0.05) is 24.1 Å². The Morgan fingerprint density at radius 1 is 1.29 bits per heavy atom. The average Bonchev–Trinajstić information content (AvgIpc) is 2.76. The first-order valence-electron chi connectivity index (χ1n) is 5.53. The first-order chi connectivity index (χ1) is 8.11. The van der Waals surface area contributed by atoms with Crippen LogP contribution in [0.15, 0.2) is 36.7 Å². The van der Waals surface area contributed by atoms with Crippen molar-refractivity contribution in [1.29, 1.82) is 5.26 Å². The van der Waals surface area contributed by atoms with E-state index >= 15 is 0 Å². The molecule has 1 aromatic carbocycles. The molecule has 0 spiro atoms. The molecule has 1 aromatic heterocycles. The smallest absolute Gasteiger partial charge is 0.121 e. The summed E-state index contributed by atoms with van der Waals surface area (Å²) in [5, 5.41) is 18.7. The second-order valence-corrected chi connectivity index (χ2v) is 4.32. The van der Waals surface area contributed by atoms with Gasteiger partial charge in [-0.1, -0.05) is 19.9 Å². The average molecular weight is 226 g/mol. The van der Waals surface area contributed by atoms with Crippen LogP contribution in [0.1, 0.15) is 30.9 Å². The molecule has 3 heteroatoms. The Kier molecular flexibility index (Phi) is 2.88. The van der Waals surface area contributed by atoms with Gasteiger partial charge in [0.25, 0.3) is 0 Å². The number of nitrogens with zero attached hydrogens (tertiary/aromatic N) is 2. The largest absolute Gasteiger partial charge is 0.508 e. The maximum atomic E-state index is 9.91. The van der Waals surface area contributed by atoms with Crippen LogP contribution in [0.3, 0.4) is 0 Å². The highest BCUT2D eigenvalue weighted by Crippen LogP contribution is 2.27. The number of rotatable bonds is 2. The Morgan fingerprint density at radius 2 is 2.06 bits per heavy atom. The highest BCUT2D eigenvalue weighted by molar-refractivity contribution is 5.46. The Balaban J connectivity index is 2.41. The van der Waals surface area contributed by atoms with Crippen molar-refractivity contribution in [3.05, 3.63) is 47.8 Å². The summed E-state index contributed by atoms with van der Waals surface area (Å²) in [6, 6.07) is 9.40. The maximum Gasteiger partial charge on any atom is 0.121 e. The lowest BCUT2D eigenvalue weighted by Crippen LogP contribution is -1.93. The van der Waals surface area contributed by atoms with E-state index in [-0.39, 0.29) is 0 Å². The first-order valence-corrected chi connectivity index (χ1v) is 5.53. The van der Waals surface area contributed by atoms with Crippen molar-refractivity contribution in [1.82, 2.24) is 4.57 Å². The van der Waals surface area contributed by atoms with Crippen LogP contribution in [0.4, 0.5) is 0 Å². The zero-order valence-corrected chi connectivity index (χ0v) is 9.88. The molecule has 0 radical (unpaired) electrons. The van der Waals surface area contributed by atoms with Gasteiger partial charge in [-0.2, -0.15) is 5.26 Å². The minimum absolute atomic E-state index is 0.295. The molecule has 0 saturated carbocycles. The molecule has 0 atom stereocenters. The van der Waals surface area contributed by atoms with Gasteiger partial charge in [-0.15, -0.1) is 0 Å². The topological polar surface area (TPSA) is 49.0 Å². The standard InChI is InChI=1S/C14H14N2O/c1-10(2)13-4-3-12(7-14(13)17)16-6-5-11(8-15)9-16/h3-7,9-10,17H,1-2H3. The third-order valence-corrected chi connectivity index (χ3v) is 2.76. The number of aromatic hydroxyl groups is 1. The van der Waals surface area contributed by atoms with E-state index < -0.39 is 0 Å². The summed E-state index contributed by atoms with van der Waals surface area (Å²) >= 11 is 0. The van der Waals surface area contributed by atoms with E-state index in [0.29, 0.717) is 17.2 Å². The van der Waals surface area contributed by atoms with Gasteiger partial charge in [-0.25, -0.2) is 0 Å². The van der Waals surface area contributed by atoms with Crippen LogP contribution in [0.2, 0.25) is 0 Å². The highest BCUT2D eigenvalue weighted by Gasteiger charge is 2.07. The van der Waals surface area contributed by atoms with Gasteiger partial charge in [-0.3, -0.25) is 0 Å². The summed E-state index contributed by atoms with van der Waals surface area (Å²) in [7, 11) is 0. The second-order valence-electron chi connectivity index (χ2n) is 4.32. The molecule has 1 N–H and O–H groups in total. The molecule has 0 amide bonds. The van der Waals surface area contributed by atoms with Gasteiger partial charge in [0.05, 0.1) is 5.56 Å². The summed E-state index contributed by atoms with van der Waals surface area (Å²) in [4.78, 5) is 0. The fourth-order valence-electron chi connectivity index (χ4n) is 1.80. The molecule has 1 heterocycles. The van der Waals surface area contributed by atoms with Crippen LogP contribution in [-0.4, -0.2) is 9.67 Å². The molecule has 3 nitrogen and oxygen atoms in total. The van der Waals surface area contributed by atoms with Crippen molar-refractivity contribution in [3.63, 3.8) is 0 Å². The molecule has 86 valence electrons. The molecule has 17 heavy (non-hydrogen) atoms. The third kappa shape index (κ3) is 2.16. The SMILES string of the molecule is CC(C)c1ccc(-n2ccc(C#N)c2)cc1O. The van der Waals surface area contributed by atoms with E-state index in [2.05, 4.69) is 6.07 Å². The fraction of sp³-hybridized carbons (Fsp3) is 0.214. The van der Waals surface area contributed by atoms with E-state index in [4.69, 9.17) is 5.26 Å². The lowest BCUT2D eigenvalue weighted by atomic mass is 10.0. The Bertz CT molecular complexity index is 576. The van der Waals surface area contributed by atoms with Crippen molar-refractivity contribution < 1.29 is 5.11 Å². The molecule has 0 unspecified atom stereocenters. The monoisotopic (exact) mass is 226 g/mol. The molecule has 0 bridgehead atoms. The lowest BCUT2D eigenvalue weighted by Gasteiger charge is -2.10. The molecule has 0 aliphatic rings. The summed E-state index contributed by atoms with van der Waals surface area (Å²) < 4.78 is 1.82. The quantitative estimate of drug-likeness (QED) is 0.855. The van der Waals surface area contributed by atoms with Crippen LogP contribution < -0.4 is 0 Å². The summed E-state index contributed by atoms with van der Waals surface area (Å²) in [6.45, 7) is 4.08. The number of phenols is 1. The van der Waals surface area contributed by atoms with Gasteiger partial charge >= 0.3 is 0 Å². The predicted octanol–water partition coefficient (Wildman–Crippen LogP) is 3.18. The van der Waals surface area contributed by atoms with Gasteiger partial charge < -0.3 is 9.67 Å². The van der Waals surface area contributed by atoms with E-state index in [1.165, 1.54) is 0 Å². The second kappa shape index (κ2) is 4.34. The number of hydrogen-bond acceptors (Lipinski definition) is 2. The number of hydrogen-bond donors (Lipinski definition) is 1. The number of nitriles is 1. The summed E-state index contributed by atoms with van der Waals surface area (Å²) in [6.07, 6.45) is 3.55. The van der Waals surface area contributed by atoms with Crippen molar-refractivity contribution in [2.24, 2.45) is 0 Å². The molecule has 2 rings (SSSR count). The Morgan fingerprint density at radius 3 is 2.59 bits per heavy atom. The van der Waals surface area contributed by atoms with E-state index in [1.807, 2.05) is 36.7 Å². The fourth-order valence-corrected chi connectivity index (χ4v) is 1.80. The number of aromatic nitrogens is 1. The normalized spacial score (nSPS) is 10.5. The molecule has 0 saturated heterocycles. The number of benzene rings is 1. The lowest BCUT2D eigenvalue weighted by molar-refractivity contribution is 0.464. The zero-order valence-electron chi connectivity index (χ0n) is 9.88. The Hall–Kier alpha value is -2.21. The molecule has 0 aliphatic heterocycles. The predicted molar refractivity (Wildman–Crippen MR) is 66.2 cm³/mol. The van der Waals surface area contributed by atoms with Crippen LogP contribution >= 0.6 is 0 Å². The van der Waals surface area contributed by atoms with Crippen molar-refractivity contribution in [2.45, 2.75) is 19.8 Å². The van der Waals surface area contributed by atoms with Crippen LogP contribution in [0, 0.1) is 11.3 Å². The zero-order chi connectivity index (χ0) is 12.4. The maximum absolute atomic E-state index is 9.91. The van der Waals surface area contributed by atoms with Crippen LogP contribution in [-0.2, 0) is 0 Å². The van der Waals surface area contributed by atoms with Gasteiger partial charge in [-0.05, 0) is 23.6 Å². The molecule has 0 fully saturated rings. The van der Waals surface area contributed by atoms with E-state index in [1.54, 1.807) is 18.3 Å². The molecular formula is C14H14N2O. The van der Waals surface area contributed by atoms with Gasteiger partial charge in [0.15, 0.2) is 0 Å². The van der Waals surface area contributed by atoms with Crippen LogP contribution in [0.25, 0.3) is 5.69 Å². The third-order valence-electron chi connectivity index (χ3n) is 2.76. The summed E-state index contributed by atoms with van der Waals surface area (Å²) in [5.41, 5.74) is 2.40. The first kappa shape index (κ1) is 11.3. The number of phenolic OH excluding ortho intramolecular Hbond substituents is 1. The van der Waals surface area contributed by atoms with E-state index in [9.17, 15) is 5.11 Å². The van der Waals surface area contributed by atoms with Gasteiger partial charge in [0.2, 0.25) is 0 Å². The minimum atomic E-state index is 0.295. The van der Waals surface area contributed by atoms with Crippen molar-refractivity contribution in [3.8, 4) is 17.5 Å². The minimum Gasteiger partial charge on any atom is -0.508 e. The van der Waals surface area contributed by atoms with E-state index in [0.717, 1.165) is 11.3 Å². The highest BCUT2D eigenvalue weighted by atomic mass is 16.3. The summed E-state index contributed by atoms with van der Waals surface area (Å²) in [5.74, 6) is 0.591. The van der Waals surface area contributed by atoms with Crippen molar-refractivity contribution in [2.75, 3.05) is 0 Å².